The lowest BCUT2D eigenvalue weighted by atomic mass is 10.2. The van der Waals surface area contributed by atoms with Crippen LogP contribution in [0, 0.1) is 0 Å². The molecule has 0 bridgehead atoms. The zero-order valence-corrected chi connectivity index (χ0v) is 17.5. The molecule has 0 aliphatic rings. The van der Waals surface area contributed by atoms with Gasteiger partial charge >= 0.3 is 0 Å². The highest BCUT2D eigenvalue weighted by Crippen LogP contribution is 1.93. The van der Waals surface area contributed by atoms with Gasteiger partial charge in [-0.25, -0.2) is 0 Å². The van der Waals surface area contributed by atoms with Crippen LogP contribution in [0.2, 0.25) is 0 Å². The van der Waals surface area contributed by atoms with E-state index in [1.165, 1.54) is 0 Å². The molecule has 0 fully saturated rings. The zero-order chi connectivity index (χ0) is 23.3. The molecule has 0 amide bonds. The predicted octanol–water partition coefficient (Wildman–Crippen LogP) is 6.63. The third-order valence-corrected chi connectivity index (χ3v) is 3.74. The molecule has 33 heavy (non-hydrogen) atoms. The summed E-state index contributed by atoms with van der Waals surface area (Å²) >= 11 is 0. The van der Waals surface area contributed by atoms with E-state index in [-0.39, 0.29) is 7.43 Å². The first kappa shape index (κ1) is 28.6. The normalized spacial score (nSPS) is 8.24. The summed E-state index contributed by atoms with van der Waals surface area (Å²) in [6.45, 7) is 0. The Morgan fingerprint density at radius 1 is 0.303 bits per heavy atom. The Kier molecular flexibility index (Phi) is 16.9. The Balaban J connectivity index is 0.000000410. The number of hydrogen-bond donors (Lipinski definition) is 0. The third-order valence-electron chi connectivity index (χ3n) is 3.74. The van der Waals surface area contributed by atoms with Crippen molar-refractivity contribution in [1.29, 1.82) is 0 Å². The summed E-state index contributed by atoms with van der Waals surface area (Å²) in [5.41, 5.74) is 2.92. The van der Waals surface area contributed by atoms with E-state index < -0.39 is 0 Å². The van der Waals surface area contributed by atoms with E-state index in [4.69, 9.17) is 0 Å². The van der Waals surface area contributed by atoms with Crippen LogP contribution in [-0.4, -0.2) is 25.1 Å². The van der Waals surface area contributed by atoms with Gasteiger partial charge in [-0.1, -0.05) is 129 Å². The lowest BCUT2D eigenvalue weighted by molar-refractivity contribution is 0.111. The van der Waals surface area contributed by atoms with Gasteiger partial charge in [-0.2, -0.15) is 0 Å². The van der Waals surface area contributed by atoms with Gasteiger partial charge in [0.05, 0.1) is 0 Å². The molecule has 0 aromatic heterocycles. The minimum Gasteiger partial charge on any atom is -0.298 e. The number of hydrogen-bond acceptors (Lipinski definition) is 4. The maximum Gasteiger partial charge on any atom is 0.150 e. The van der Waals surface area contributed by atoms with Crippen LogP contribution >= 0.6 is 0 Å². The molecular weight excluding hydrogens is 412 g/mol. The van der Waals surface area contributed by atoms with Crippen molar-refractivity contribution in [2.24, 2.45) is 0 Å². The molecule has 4 rings (SSSR count). The molecule has 0 atom stereocenters. The molecule has 0 heterocycles. The molecule has 0 aliphatic carbocycles. The quantitative estimate of drug-likeness (QED) is 0.334. The molecule has 168 valence electrons. The van der Waals surface area contributed by atoms with E-state index in [2.05, 4.69) is 0 Å². The van der Waals surface area contributed by atoms with Gasteiger partial charge in [-0.05, 0) is 0 Å². The highest BCUT2D eigenvalue weighted by molar-refractivity contribution is 5.75. The summed E-state index contributed by atoms with van der Waals surface area (Å²) in [5.74, 6) is 0. The first-order chi connectivity index (χ1) is 15.7. The van der Waals surface area contributed by atoms with Gasteiger partial charge < -0.3 is 0 Å². The number of aldehydes is 4. The van der Waals surface area contributed by atoms with E-state index in [1.807, 2.05) is 72.8 Å². The molecule has 0 saturated carbocycles. The second kappa shape index (κ2) is 19.5. The maximum atomic E-state index is 10.0. The average Bonchev–Trinajstić information content (AvgIpc) is 2.91. The molecule has 4 nitrogen and oxygen atoms in total. The number of carbonyl (C=O) groups is 4. The molecule has 4 aromatic carbocycles. The van der Waals surface area contributed by atoms with Crippen LogP contribution in [0.4, 0.5) is 0 Å². The summed E-state index contributed by atoms with van der Waals surface area (Å²) in [6.07, 6.45) is 3.33. The van der Waals surface area contributed by atoms with E-state index in [0.717, 1.165) is 47.4 Å². The topological polar surface area (TPSA) is 68.3 Å². The van der Waals surface area contributed by atoms with Crippen LogP contribution < -0.4 is 0 Å². The van der Waals surface area contributed by atoms with E-state index in [0.29, 0.717) is 0 Å². The van der Waals surface area contributed by atoms with Crippen LogP contribution in [0.15, 0.2) is 121 Å². The Labute approximate surface area is 195 Å². The first-order valence-electron chi connectivity index (χ1n) is 9.74. The summed E-state index contributed by atoms with van der Waals surface area (Å²) in [4.78, 5) is 40.0. The number of carbonyl (C=O) groups excluding carboxylic acids is 4. The molecule has 4 heteroatoms. The summed E-state index contributed by atoms with van der Waals surface area (Å²) < 4.78 is 0. The van der Waals surface area contributed by atoms with Crippen LogP contribution in [0.25, 0.3) is 0 Å². The molecule has 0 aliphatic heterocycles. The van der Waals surface area contributed by atoms with Gasteiger partial charge in [-0.15, -0.1) is 0 Å². The Hall–Kier alpha value is -4.44. The van der Waals surface area contributed by atoms with Crippen molar-refractivity contribution >= 4 is 25.1 Å². The van der Waals surface area contributed by atoms with Crippen molar-refractivity contribution in [2.75, 3.05) is 0 Å². The van der Waals surface area contributed by atoms with Crippen molar-refractivity contribution in [3.05, 3.63) is 144 Å². The minimum absolute atomic E-state index is 0. The van der Waals surface area contributed by atoms with E-state index in [1.54, 1.807) is 48.5 Å². The van der Waals surface area contributed by atoms with Gasteiger partial charge in [0.1, 0.15) is 25.1 Å². The van der Waals surface area contributed by atoms with Gasteiger partial charge in [0.15, 0.2) is 0 Å². The SMILES string of the molecule is C.O=Cc1ccccc1.O=Cc1ccccc1.O=Cc1ccccc1.O=Cc1ccccc1. The molecule has 4 aromatic rings. The Morgan fingerprint density at radius 2 is 0.455 bits per heavy atom. The summed E-state index contributed by atoms with van der Waals surface area (Å²) in [5, 5.41) is 0. The predicted molar refractivity (Wildman–Crippen MR) is 134 cm³/mol. The van der Waals surface area contributed by atoms with Crippen molar-refractivity contribution in [3.8, 4) is 0 Å². The van der Waals surface area contributed by atoms with Gasteiger partial charge in [0, 0.05) is 22.3 Å². The van der Waals surface area contributed by atoms with Crippen molar-refractivity contribution < 1.29 is 19.2 Å². The van der Waals surface area contributed by atoms with E-state index >= 15 is 0 Å². The molecular formula is C29H28O4. The highest BCUT2D eigenvalue weighted by Gasteiger charge is 1.82. The number of benzene rings is 4. The lowest BCUT2D eigenvalue weighted by Gasteiger charge is -1.81. The Bertz CT molecular complexity index is 842. The lowest BCUT2D eigenvalue weighted by Crippen LogP contribution is -1.73. The van der Waals surface area contributed by atoms with Crippen molar-refractivity contribution in [2.45, 2.75) is 7.43 Å². The number of rotatable bonds is 4. The fourth-order valence-electron chi connectivity index (χ4n) is 2.13. The van der Waals surface area contributed by atoms with Crippen LogP contribution in [0.1, 0.15) is 48.9 Å². The van der Waals surface area contributed by atoms with Gasteiger partial charge in [0.2, 0.25) is 0 Å². The molecule has 0 saturated heterocycles. The van der Waals surface area contributed by atoms with Crippen LogP contribution in [0.3, 0.4) is 0 Å². The smallest absolute Gasteiger partial charge is 0.150 e. The minimum atomic E-state index is 0. The summed E-state index contributed by atoms with van der Waals surface area (Å²) in [7, 11) is 0. The maximum absolute atomic E-state index is 10.0. The average molecular weight is 441 g/mol. The van der Waals surface area contributed by atoms with Crippen molar-refractivity contribution in [3.63, 3.8) is 0 Å². The fraction of sp³-hybridized carbons (Fsp3) is 0.0345. The molecule has 0 radical (unpaired) electrons. The van der Waals surface area contributed by atoms with Gasteiger partial charge in [-0.3, -0.25) is 19.2 Å². The van der Waals surface area contributed by atoms with Crippen molar-refractivity contribution in [1.82, 2.24) is 0 Å². The summed E-state index contributed by atoms with van der Waals surface area (Å²) in [6, 6.07) is 36.4. The zero-order valence-electron chi connectivity index (χ0n) is 17.5. The van der Waals surface area contributed by atoms with Crippen LogP contribution in [-0.2, 0) is 0 Å². The van der Waals surface area contributed by atoms with E-state index in [9.17, 15) is 19.2 Å². The molecule has 0 unspecified atom stereocenters. The largest absolute Gasteiger partial charge is 0.298 e. The monoisotopic (exact) mass is 440 g/mol. The molecule has 0 spiro atoms. The Morgan fingerprint density at radius 3 is 0.545 bits per heavy atom. The second-order valence-corrected chi connectivity index (χ2v) is 6.11. The molecule has 0 N–H and O–H groups in total. The van der Waals surface area contributed by atoms with Gasteiger partial charge in [0.25, 0.3) is 0 Å². The van der Waals surface area contributed by atoms with Crippen LogP contribution in [0.5, 0.6) is 0 Å². The highest BCUT2D eigenvalue weighted by atomic mass is 16.1. The first-order valence-corrected chi connectivity index (χ1v) is 9.74. The fourth-order valence-corrected chi connectivity index (χ4v) is 2.13. The second-order valence-electron chi connectivity index (χ2n) is 6.11. The standard InChI is InChI=1S/4C7H6O.CH4/c4*8-6-7-4-2-1-3-5-7;/h4*1-6H;1H4. The third kappa shape index (κ3) is 14.2.